The number of rotatable bonds is 5. The molecule has 0 bridgehead atoms. The van der Waals surface area contributed by atoms with Gasteiger partial charge in [0.1, 0.15) is 5.75 Å². The maximum absolute atomic E-state index is 9.24. The van der Waals surface area contributed by atoms with Gasteiger partial charge in [0.2, 0.25) is 0 Å². The quantitative estimate of drug-likeness (QED) is 0.764. The van der Waals surface area contributed by atoms with Crippen molar-refractivity contribution < 1.29 is 9.84 Å². The van der Waals surface area contributed by atoms with Crippen LogP contribution >= 0.6 is 0 Å². The van der Waals surface area contributed by atoms with Crippen LogP contribution in [0, 0.1) is 0 Å². The lowest BCUT2D eigenvalue weighted by atomic mass is 9.96. The standard InChI is InChI=1S/C20H23N3O2/c1-20(2,3)18-21-19(23(22-18)13-14-24)25-17-11-9-16(10-12-17)15-7-5-4-6-8-15/h4-12,24H,13-14H2,1-3H3. The number of hydrogen-bond donors (Lipinski definition) is 1. The molecule has 0 saturated heterocycles. The molecule has 5 nitrogen and oxygen atoms in total. The van der Waals surface area contributed by atoms with E-state index in [0.29, 0.717) is 24.1 Å². The van der Waals surface area contributed by atoms with E-state index in [2.05, 4.69) is 22.2 Å². The first kappa shape index (κ1) is 17.2. The molecule has 130 valence electrons. The smallest absolute Gasteiger partial charge is 0.320 e. The van der Waals surface area contributed by atoms with E-state index in [4.69, 9.17) is 4.74 Å². The zero-order valence-corrected chi connectivity index (χ0v) is 14.8. The summed E-state index contributed by atoms with van der Waals surface area (Å²) in [5, 5.41) is 13.7. The first-order valence-corrected chi connectivity index (χ1v) is 8.37. The highest BCUT2D eigenvalue weighted by atomic mass is 16.5. The van der Waals surface area contributed by atoms with Crippen molar-refractivity contribution in [3.05, 3.63) is 60.4 Å². The summed E-state index contributed by atoms with van der Waals surface area (Å²) in [6, 6.07) is 18.4. The molecule has 0 atom stereocenters. The molecule has 0 unspecified atom stereocenters. The van der Waals surface area contributed by atoms with Crippen molar-refractivity contribution in [2.24, 2.45) is 0 Å². The minimum atomic E-state index is -0.185. The van der Waals surface area contributed by atoms with E-state index in [0.717, 1.165) is 11.1 Å². The normalized spacial score (nSPS) is 11.5. The van der Waals surface area contributed by atoms with Crippen molar-refractivity contribution in [1.29, 1.82) is 0 Å². The minimum Gasteiger partial charge on any atom is -0.424 e. The van der Waals surface area contributed by atoms with Gasteiger partial charge in [-0.3, -0.25) is 0 Å². The Morgan fingerprint density at radius 1 is 0.960 bits per heavy atom. The van der Waals surface area contributed by atoms with Gasteiger partial charge in [-0.15, -0.1) is 0 Å². The van der Waals surface area contributed by atoms with Crippen LogP contribution in [0.2, 0.25) is 0 Å². The molecule has 0 fully saturated rings. The number of benzene rings is 2. The van der Waals surface area contributed by atoms with Gasteiger partial charge >= 0.3 is 6.01 Å². The van der Waals surface area contributed by atoms with Crippen molar-refractivity contribution in [1.82, 2.24) is 14.8 Å². The first-order chi connectivity index (χ1) is 12.0. The molecule has 5 heteroatoms. The van der Waals surface area contributed by atoms with Gasteiger partial charge in [0, 0.05) is 5.41 Å². The summed E-state index contributed by atoms with van der Waals surface area (Å²) in [6.45, 7) is 6.47. The number of aromatic nitrogens is 3. The molecule has 0 saturated carbocycles. The Bertz CT molecular complexity index is 818. The first-order valence-electron chi connectivity index (χ1n) is 8.37. The molecule has 0 radical (unpaired) electrons. The molecular weight excluding hydrogens is 314 g/mol. The van der Waals surface area contributed by atoms with Crippen LogP contribution in [0.5, 0.6) is 11.8 Å². The van der Waals surface area contributed by atoms with Gasteiger partial charge in [0.15, 0.2) is 5.82 Å². The van der Waals surface area contributed by atoms with Crippen molar-refractivity contribution >= 4 is 0 Å². The van der Waals surface area contributed by atoms with Gasteiger partial charge < -0.3 is 9.84 Å². The van der Waals surface area contributed by atoms with Crippen LogP contribution in [-0.4, -0.2) is 26.5 Å². The zero-order valence-electron chi connectivity index (χ0n) is 14.8. The highest BCUT2D eigenvalue weighted by Crippen LogP contribution is 2.27. The highest BCUT2D eigenvalue weighted by Gasteiger charge is 2.22. The molecule has 25 heavy (non-hydrogen) atoms. The molecule has 0 spiro atoms. The third kappa shape index (κ3) is 4.06. The summed E-state index contributed by atoms with van der Waals surface area (Å²) in [4.78, 5) is 4.49. The molecule has 0 amide bonds. The molecule has 3 aromatic rings. The van der Waals surface area contributed by atoms with E-state index < -0.39 is 0 Å². The Balaban J connectivity index is 1.83. The summed E-state index contributed by atoms with van der Waals surface area (Å²) in [5.74, 6) is 1.38. The van der Waals surface area contributed by atoms with Crippen LogP contribution in [0.25, 0.3) is 11.1 Å². The fourth-order valence-electron chi connectivity index (χ4n) is 2.41. The van der Waals surface area contributed by atoms with Gasteiger partial charge in [-0.1, -0.05) is 63.2 Å². The van der Waals surface area contributed by atoms with Crippen LogP contribution in [0.4, 0.5) is 0 Å². The van der Waals surface area contributed by atoms with E-state index >= 15 is 0 Å². The predicted octanol–water partition coefficient (Wildman–Crippen LogP) is 4.03. The van der Waals surface area contributed by atoms with Gasteiger partial charge in [0.25, 0.3) is 0 Å². The number of aliphatic hydroxyl groups excluding tert-OH is 1. The summed E-state index contributed by atoms with van der Waals surface area (Å²) >= 11 is 0. The van der Waals surface area contributed by atoms with Gasteiger partial charge in [-0.2, -0.15) is 10.1 Å². The highest BCUT2D eigenvalue weighted by molar-refractivity contribution is 5.63. The molecule has 0 aliphatic rings. The Morgan fingerprint density at radius 2 is 1.60 bits per heavy atom. The predicted molar refractivity (Wildman–Crippen MR) is 97.8 cm³/mol. The molecule has 2 aromatic carbocycles. The zero-order chi connectivity index (χ0) is 17.9. The third-order valence-electron chi connectivity index (χ3n) is 3.79. The second-order valence-corrected chi connectivity index (χ2v) is 6.91. The van der Waals surface area contributed by atoms with Gasteiger partial charge in [-0.25, -0.2) is 4.68 Å². The number of aliphatic hydroxyl groups is 1. The lowest BCUT2D eigenvalue weighted by Crippen LogP contribution is -2.14. The van der Waals surface area contributed by atoms with Crippen molar-refractivity contribution in [3.63, 3.8) is 0 Å². The lowest BCUT2D eigenvalue weighted by molar-refractivity contribution is 0.258. The van der Waals surface area contributed by atoms with Crippen LogP contribution in [-0.2, 0) is 12.0 Å². The summed E-state index contributed by atoms with van der Waals surface area (Å²) in [5.41, 5.74) is 2.10. The fraction of sp³-hybridized carbons (Fsp3) is 0.300. The Labute approximate surface area is 147 Å². The maximum Gasteiger partial charge on any atom is 0.320 e. The summed E-state index contributed by atoms with van der Waals surface area (Å²) in [6.07, 6.45) is 0. The maximum atomic E-state index is 9.24. The van der Waals surface area contributed by atoms with Crippen LogP contribution < -0.4 is 4.74 Å². The average Bonchev–Trinajstić information content (AvgIpc) is 3.00. The molecular formula is C20H23N3O2. The molecule has 1 heterocycles. The Kier molecular flexibility index (Phi) is 4.86. The Morgan fingerprint density at radius 3 is 2.20 bits per heavy atom. The topological polar surface area (TPSA) is 60.2 Å². The minimum absolute atomic E-state index is 0.0176. The van der Waals surface area contributed by atoms with E-state index in [1.165, 1.54) is 0 Å². The van der Waals surface area contributed by atoms with Crippen molar-refractivity contribution in [2.45, 2.75) is 32.7 Å². The van der Waals surface area contributed by atoms with Crippen molar-refractivity contribution in [3.8, 4) is 22.9 Å². The average molecular weight is 337 g/mol. The van der Waals surface area contributed by atoms with Gasteiger partial charge in [0.05, 0.1) is 13.2 Å². The molecule has 1 aromatic heterocycles. The fourth-order valence-corrected chi connectivity index (χ4v) is 2.41. The summed E-state index contributed by atoms with van der Waals surface area (Å²) in [7, 11) is 0. The lowest BCUT2D eigenvalue weighted by Gasteiger charge is -2.11. The number of nitrogens with zero attached hydrogens (tertiary/aromatic N) is 3. The Hall–Kier alpha value is -2.66. The molecule has 0 aliphatic heterocycles. The second-order valence-electron chi connectivity index (χ2n) is 6.91. The largest absolute Gasteiger partial charge is 0.424 e. The number of ether oxygens (including phenoxy) is 1. The van der Waals surface area contributed by atoms with Gasteiger partial charge in [-0.05, 0) is 23.3 Å². The molecule has 0 aliphatic carbocycles. The number of hydrogen-bond acceptors (Lipinski definition) is 4. The monoisotopic (exact) mass is 337 g/mol. The van der Waals surface area contributed by atoms with Crippen LogP contribution in [0.3, 0.4) is 0 Å². The van der Waals surface area contributed by atoms with E-state index in [1.807, 2.05) is 63.2 Å². The molecule has 1 N–H and O–H groups in total. The second kappa shape index (κ2) is 7.07. The van der Waals surface area contributed by atoms with Crippen LogP contribution in [0.15, 0.2) is 54.6 Å². The summed E-state index contributed by atoms with van der Waals surface area (Å²) < 4.78 is 7.51. The third-order valence-corrected chi connectivity index (χ3v) is 3.79. The van der Waals surface area contributed by atoms with Crippen LogP contribution in [0.1, 0.15) is 26.6 Å². The van der Waals surface area contributed by atoms with Crippen molar-refractivity contribution in [2.75, 3.05) is 6.61 Å². The van der Waals surface area contributed by atoms with E-state index in [9.17, 15) is 5.11 Å². The molecule has 3 rings (SSSR count). The SMILES string of the molecule is CC(C)(C)c1nc(Oc2ccc(-c3ccccc3)cc2)n(CCO)n1. The van der Waals surface area contributed by atoms with E-state index in [1.54, 1.807) is 4.68 Å². The van der Waals surface area contributed by atoms with E-state index in [-0.39, 0.29) is 12.0 Å².